The Morgan fingerprint density at radius 2 is 2.20 bits per heavy atom. The summed E-state index contributed by atoms with van der Waals surface area (Å²) < 4.78 is 5.10. The molecule has 0 aliphatic heterocycles. The molecule has 20 heavy (non-hydrogen) atoms. The highest BCUT2D eigenvalue weighted by molar-refractivity contribution is 7.13. The molecule has 2 rings (SSSR count). The van der Waals surface area contributed by atoms with Gasteiger partial charge in [0.05, 0.1) is 0 Å². The first-order chi connectivity index (χ1) is 9.69. The highest BCUT2D eigenvalue weighted by atomic mass is 32.1. The van der Waals surface area contributed by atoms with Gasteiger partial charge < -0.3 is 10.5 Å². The lowest BCUT2D eigenvalue weighted by atomic mass is 9.98. The van der Waals surface area contributed by atoms with Gasteiger partial charge in [-0.2, -0.15) is 0 Å². The topological polar surface area (TPSA) is 104 Å². The molecule has 0 aromatic carbocycles. The van der Waals surface area contributed by atoms with Crippen molar-refractivity contribution in [1.82, 2.24) is 4.98 Å². The van der Waals surface area contributed by atoms with E-state index >= 15 is 0 Å². The van der Waals surface area contributed by atoms with Gasteiger partial charge in [-0.3, -0.25) is 9.63 Å². The summed E-state index contributed by atoms with van der Waals surface area (Å²) in [6.45, 7) is 0. The minimum atomic E-state index is -0.903. The van der Waals surface area contributed by atoms with E-state index in [1.807, 2.05) is 0 Å². The molecule has 1 aliphatic carbocycles. The summed E-state index contributed by atoms with van der Waals surface area (Å²) in [7, 11) is 0. The van der Waals surface area contributed by atoms with Crippen molar-refractivity contribution in [3.8, 4) is 0 Å². The minimum absolute atomic E-state index is 0.0986. The van der Waals surface area contributed by atoms with Crippen LogP contribution in [0.5, 0.6) is 0 Å². The molecule has 1 aliphatic rings. The highest BCUT2D eigenvalue weighted by Crippen LogP contribution is 2.20. The van der Waals surface area contributed by atoms with Crippen LogP contribution in [0.25, 0.3) is 0 Å². The van der Waals surface area contributed by atoms with Gasteiger partial charge in [0.1, 0.15) is 11.8 Å². The summed E-state index contributed by atoms with van der Waals surface area (Å²) >= 11 is 1.17. The molecule has 2 N–H and O–H groups in total. The van der Waals surface area contributed by atoms with Gasteiger partial charge in [0.15, 0.2) is 17.1 Å². The van der Waals surface area contributed by atoms with Crippen molar-refractivity contribution < 1.29 is 19.2 Å². The van der Waals surface area contributed by atoms with Crippen LogP contribution in [0.2, 0.25) is 0 Å². The largest absolute Gasteiger partial charge is 0.535 e. The van der Waals surface area contributed by atoms with Crippen LogP contribution < -0.4 is 5.73 Å². The zero-order valence-corrected chi connectivity index (χ0v) is 11.6. The van der Waals surface area contributed by atoms with Crippen LogP contribution >= 0.6 is 11.3 Å². The summed E-state index contributed by atoms with van der Waals surface area (Å²) in [5, 5.41) is 5.31. The van der Waals surface area contributed by atoms with E-state index < -0.39 is 6.16 Å². The second-order valence-corrected chi connectivity index (χ2v) is 5.27. The number of nitrogens with two attached hydrogens (primary N) is 1. The Morgan fingerprint density at radius 1 is 1.45 bits per heavy atom. The monoisotopic (exact) mass is 297 g/mol. The van der Waals surface area contributed by atoms with Gasteiger partial charge in [-0.25, -0.2) is 9.78 Å². The molecule has 1 aromatic rings. The van der Waals surface area contributed by atoms with E-state index in [0.29, 0.717) is 11.4 Å². The fourth-order valence-corrected chi connectivity index (χ4v) is 2.52. The summed E-state index contributed by atoms with van der Waals surface area (Å²) in [5.41, 5.74) is 5.63. The lowest BCUT2D eigenvalue weighted by Gasteiger charge is -2.20. The van der Waals surface area contributed by atoms with Gasteiger partial charge in [-0.05, 0) is 25.7 Å². The quantitative estimate of drug-likeness (QED) is 0.300. The molecule has 1 heterocycles. The molecule has 1 saturated carbocycles. The standard InChI is InChI=1S/C12H15N3O4S/c13-11-14-10(7-20-11)9(6-16)15-19-12(17)18-8-4-2-1-3-5-8/h6-8H,1-5H2,(H2,13,14). The van der Waals surface area contributed by atoms with E-state index in [0.717, 1.165) is 32.1 Å². The molecule has 7 nitrogen and oxygen atoms in total. The summed E-state index contributed by atoms with van der Waals surface area (Å²) in [6.07, 6.45) is 4.33. The summed E-state index contributed by atoms with van der Waals surface area (Å²) in [4.78, 5) is 30.8. The molecule has 0 spiro atoms. The highest BCUT2D eigenvalue weighted by Gasteiger charge is 2.19. The Hall–Kier alpha value is -1.96. The number of thiazole rings is 1. The Labute approximate surface area is 119 Å². The molecule has 0 amide bonds. The fraction of sp³-hybridized carbons (Fsp3) is 0.500. The Kier molecular flexibility index (Phi) is 5.05. The molecular formula is C12H15N3O4S. The van der Waals surface area contributed by atoms with Crippen molar-refractivity contribution in [2.24, 2.45) is 5.16 Å². The van der Waals surface area contributed by atoms with Gasteiger partial charge in [-0.1, -0.05) is 11.6 Å². The molecule has 0 atom stereocenters. The van der Waals surface area contributed by atoms with Crippen LogP contribution in [0, 0.1) is 0 Å². The van der Waals surface area contributed by atoms with Crippen molar-refractivity contribution in [2.45, 2.75) is 38.2 Å². The van der Waals surface area contributed by atoms with Gasteiger partial charge in [0.25, 0.3) is 0 Å². The van der Waals surface area contributed by atoms with E-state index in [4.69, 9.17) is 10.5 Å². The van der Waals surface area contributed by atoms with Gasteiger partial charge in [0, 0.05) is 5.38 Å². The second kappa shape index (κ2) is 6.99. The third-order valence-electron chi connectivity index (χ3n) is 2.93. The van der Waals surface area contributed by atoms with Crippen LogP contribution in [0.1, 0.15) is 37.8 Å². The second-order valence-electron chi connectivity index (χ2n) is 4.38. The van der Waals surface area contributed by atoms with E-state index in [2.05, 4.69) is 15.0 Å². The lowest BCUT2D eigenvalue weighted by molar-refractivity contribution is -0.102. The van der Waals surface area contributed by atoms with E-state index in [1.54, 1.807) is 5.38 Å². The third-order valence-corrected chi connectivity index (χ3v) is 3.60. The Morgan fingerprint density at radius 3 is 2.80 bits per heavy atom. The zero-order valence-electron chi connectivity index (χ0n) is 10.8. The van der Waals surface area contributed by atoms with Crippen molar-refractivity contribution in [3.05, 3.63) is 11.1 Å². The van der Waals surface area contributed by atoms with Crippen LogP contribution in [0.3, 0.4) is 0 Å². The predicted octanol–water partition coefficient (Wildman–Crippen LogP) is 2.11. The fourth-order valence-electron chi connectivity index (χ4n) is 1.96. The molecule has 8 heteroatoms. The van der Waals surface area contributed by atoms with Crippen LogP contribution in [-0.2, 0) is 14.4 Å². The maximum atomic E-state index is 11.5. The number of rotatable bonds is 4. The molecule has 0 unspecified atom stereocenters. The SMILES string of the molecule is Nc1nc(C(C=O)=NOC(=O)OC2CCCCC2)cs1. The van der Waals surface area contributed by atoms with Crippen molar-refractivity contribution in [2.75, 3.05) is 5.73 Å². The van der Waals surface area contributed by atoms with Crippen molar-refractivity contribution in [3.63, 3.8) is 0 Å². The number of anilines is 1. The predicted molar refractivity (Wildman–Crippen MR) is 73.6 cm³/mol. The molecular weight excluding hydrogens is 282 g/mol. The maximum absolute atomic E-state index is 11.5. The molecule has 1 aromatic heterocycles. The van der Waals surface area contributed by atoms with E-state index in [-0.39, 0.29) is 17.5 Å². The molecule has 108 valence electrons. The summed E-state index contributed by atoms with van der Waals surface area (Å²) in [6, 6.07) is 0. The first kappa shape index (κ1) is 14.4. The first-order valence-corrected chi connectivity index (χ1v) is 7.19. The average Bonchev–Trinajstić information content (AvgIpc) is 2.87. The number of carbonyl (C=O) groups excluding carboxylic acids is 2. The van der Waals surface area contributed by atoms with Crippen LogP contribution in [-0.4, -0.2) is 29.2 Å². The first-order valence-electron chi connectivity index (χ1n) is 6.31. The number of ether oxygens (including phenoxy) is 1. The number of hydrogen-bond donors (Lipinski definition) is 1. The normalized spacial score (nSPS) is 16.7. The van der Waals surface area contributed by atoms with Crippen LogP contribution in [0.15, 0.2) is 10.5 Å². The number of oxime groups is 1. The number of carbonyl (C=O) groups is 2. The minimum Gasteiger partial charge on any atom is -0.429 e. The van der Waals surface area contributed by atoms with Crippen molar-refractivity contribution >= 4 is 34.6 Å². The number of aldehydes is 1. The smallest absolute Gasteiger partial charge is 0.429 e. The third kappa shape index (κ3) is 4.02. The number of aromatic nitrogens is 1. The van der Waals surface area contributed by atoms with Gasteiger partial charge in [-0.15, -0.1) is 11.3 Å². The molecule has 0 bridgehead atoms. The van der Waals surface area contributed by atoms with Crippen LogP contribution in [0.4, 0.5) is 9.93 Å². The number of hydrogen-bond acceptors (Lipinski definition) is 8. The molecule has 0 saturated heterocycles. The Bertz CT molecular complexity index is 509. The molecule has 1 fully saturated rings. The van der Waals surface area contributed by atoms with Gasteiger partial charge in [0.2, 0.25) is 0 Å². The average molecular weight is 297 g/mol. The maximum Gasteiger partial charge on any atom is 0.535 e. The summed E-state index contributed by atoms with van der Waals surface area (Å²) in [5.74, 6) is 0. The molecule has 0 radical (unpaired) electrons. The van der Waals surface area contributed by atoms with Gasteiger partial charge >= 0.3 is 6.16 Å². The lowest BCUT2D eigenvalue weighted by Crippen LogP contribution is -2.21. The van der Waals surface area contributed by atoms with E-state index in [9.17, 15) is 9.59 Å². The zero-order chi connectivity index (χ0) is 14.4. The van der Waals surface area contributed by atoms with E-state index in [1.165, 1.54) is 11.3 Å². The van der Waals surface area contributed by atoms with Crippen molar-refractivity contribution in [1.29, 1.82) is 0 Å². The number of nitrogen functional groups attached to an aromatic ring is 1. The Balaban J connectivity index is 1.89. The number of nitrogens with zero attached hydrogens (tertiary/aromatic N) is 2.